The van der Waals surface area contributed by atoms with Gasteiger partial charge in [0.1, 0.15) is 4.90 Å². The van der Waals surface area contributed by atoms with Crippen LogP contribution in [0.2, 0.25) is 0 Å². The van der Waals surface area contributed by atoms with E-state index in [1.807, 2.05) is 20.8 Å². The molecule has 0 saturated carbocycles. The van der Waals surface area contributed by atoms with Gasteiger partial charge in [-0.05, 0) is 59.1 Å². The van der Waals surface area contributed by atoms with E-state index in [2.05, 4.69) is 5.10 Å². The van der Waals surface area contributed by atoms with E-state index in [1.165, 1.54) is 6.07 Å². The topological polar surface area (TPSA) is 55.2 Å². The summed E-state index contributed by atoms with van der Waals surface area (Å²) in [5.74, 6) is -2.17. The average Bonchev–Trinajstić information content (AvgIpc) is 2.86. The lowest BCUT2D eigenvalue weighted by Gasteiger charge is -2.31. The van der Waals surface area contributed by atoms with E-state index in [0.717, 1.165) is 10.4 Å². The van der Waals surface area contributed by atoms with Gasteiger partial charge in [0.2, 0.25) is 0 Å². The van der Waals surface area contributed by atoms with Crippen LogP contribution in [0.15, 0.2) is 17.0 Å². The van der Waals surface area contributed by atoms with Gasteiger partial charge in [0.25, 0.3) is 10.0 Å². The number of hydrogen-bond donors (Lipinski definition) is 0. The van der Waals surface area contributed by atoms with E-state index in [-0.39, 0.29) is 17.1 Å². The van der Waals surface area contributed by atoms with Crippen molar-refractivity contribution in [3.63, 3.8) is 0 Å². The monoisotopic (exact) mass is 383 g/mol. The minimum atomic E-state index is -4.07. The predicted molar refractivity (Wildman–Crippen MR) is 95.9 cm³/mol. The number of rotatable bonds is 2. The molecule has 1 aromatic heterocycles. The second kappa shape index (κ2) is 6.04. The quantitative estimate of drug-likeness (QED) is 0.795. The van der Waals surface area contributed by atoms with Crippen molar-refractivity contribution in [1.82, 2.24) is 9.78 Å². The van der Waals surface area contributed by atoms with E-state index in [1.54, 1.807) is 18.5 Å². The molecule has 0 unspecified atom stereocenters. The first-order valence-corrected chi connectivity index (χ1v) is 9.96. The van der Waals surface area contributed by atoms with Crippen LogP contribution in [-0.2, 0) is 22.0 Å². The minimum absolute atomic E-state index is 0.0592. The number of anilines is 1. The van der Waals surface area contributed by atoms with E-state index in [4.69, 9.17) is 0 Å². The molecular formula is C18H23F2N3O2S. The Hall–Kier alpha value is -1.96. The molecule has 0 spiro atoms. The zero-order chi connectivity index (χ0) is 19.4. The summed E-state index contributed by atoms with van der Waals surface area (Å²) in [4.78, 5) is 0.0592. The Kier molecular flexibility index (Phi) is 4.37. The highest BCUT2D eigenvalue weighted by molar-refractivity contribution is 7.93. The second-order valence-corrected chi connectivity index (χ2v) is 9.43. The van der Waals surface area contributed by atoms with Crippen LogP contribution in [0.5, 0.6) is 0 Å². The SMILES string of the molecule is Cc1nn(C(C)(C)C)c(C)c1S(=O)(=O)N1CCCc2ccc(F)c(F)c21. The molecule has 8 heteroatoms. The molecule has 5 nitrogen and oxygen atoms in total. The standard InChI is InChI=1S/C18H23F2N3O2S/c1-11-17(12(2)23(21-11)18(3,4)5)26(24,25)22-10-6-7-13-8-9-14(19)15(20)16(13)22/h8-9H,6-7,10H2,1-5H3. The van der Waals surface area contributed by atoms with Crippen molar-refractivity contribution in [3.05, 3.63) is 40.7 Å². The molecule has 0 amide bonds. The van der Waals surface area contributed by atoms with Gasteiger partial charge < -0.3 is 0 Å². The molecular weight excluding hydrogens is 360 g/mol. The molecule has 0 radical (unpaired) electrons. The highest BCUT2D eigenvalue weighted by Crippen LogP contribution is 2.37. The van der Waals surface area contributed by atoms with Gasteiger partial charge in [-0.25, -0.2) is 17.2 Å². The second-order valence-electron chi connectivity index (χ2n) is 7.63. The van der Waals surface area contributed by atoms with Crippen LogP contribution < -0.4 is 4.31 Å². The Labute approximate surface area is 152 Å². The Morgan fingerprint density at radius 1 is 1.15 bits per heavy atom. The van der Waals surface area contributed by atoms with Crippen molar-refractivity contribution >= 4 is 15.7 Å². The Balaban J connectivity index is 2.22. The fourth-order valence-electron chi connectivity index (χ4n) is 3.58. The third-order valence-corrected chi connectivity index (χ3v) is 6.67. The van der Waals surface area contributed by atoms with Crippen LogP contribution in [0.3, 0.4) is 0 Å². The van der Waals surface area contributed by atoms with Gasteiger partial charge in [0, 0.05) is 6.54 Å². The van der Waals surface area contributed by atoms with Crippen molar-refractivity contribution in [2.24, 2.45) is 0 Å². The van der Waals surface area contributed by atoms with Crippen molar-refractivity contribution in [1.29, 1.82) is 0 Å². The minimum Gasteiger partial charge on any atom is -0.263 e. The zero-order valence-corrected chi connectivity index (χ0v) is 16.4. The van der Waals surface area contributed by atoms with Crippen molar-refractivity contribution in [3.8, 4) is 0 Å². The first-order valence-electron chi connectivity index (χ1n) is 8.52. The Morgan fingerprint density at radius 3 is 2.38 bits per heavy atom. The largest absolute Gasteiger partial charge is 0.268 e. The molecule has 0 bridgehead atoms. The van der Waals surface area contributed by atoms with Crippen LogP contribution in [-0.4, -0.2) is 24.7 Å². The molecule has 0 N–H and O–H groups in total. The molecule has 2 heterocycles. The van der Waals surface area contributed by atoms with Crippen LogP contribution in [0.1, 0.15) is 44.1 Å². The number of aryl methyl sites for hydroxylation is 2. The van der Waals surface area contributed by atoms with Gasteiger partial charge in [0.15, 0.2) is 11.6 Å². The predicted octanol–water partition coefficient (Wildman–Crippen LogP) is 3.67. The summed E-state index contributed by atoms with van der Waals surface area (Å²) in [5, 5.41) is 4.38. The maximum absolute atomic E-state index is 14.5. The van der Waals surface area contributed by atoms with Crippen LogP contribution in [0.4, 0.5) is 14.5 Å². The van der Waals surface area contributed by atoms with E-state index >= 15 is 0 Å². The van der Waals surface area contributed by atoms with Crippen LogP contribution in [0.25, 0.3) is 0 Å². The maximum atomic E-state index is 14.5. The number of nitrogens with zero attached hydrogens (tertiary/aromatic N) is 3. The molecule has 26 heavy (non-hydrogen) atoms. The molecule has 1 aromatic carbocycles. The summed E-state index contributed by atoms with van der Waals surface area (Å²) >= 11 is 0. The molecule has 1 aliphatic heterocycles. The van der Waals surface area contributed by atoms with E-state index < -0.39 is 27.2 Å². The van der Waals surface area contributed by atoms with Gasteiger partial charge in [-0.3, -0.25) is 8.99 Å². The molecule has 3 rings (SSSR count). The van der Waals surface area contributed by atoms with E-state index in [9.17, 15) is 17.2 Å². The smallest absolute Gasteiger partial charge is 0.263 e. The first kappa shape index (κ1) is 18.8. The van der Waals surface area contributed by atoms with E-state index in [0.29, 0.717) is 29.8 Å². The third kappa shape index (κ3) is 2.80. The summed E-state index contributed by atoms with van der Waals surface area (Å²) in [6.07, 6.45) is 1.06. The van der Waals surface area contributed by atoms with Gasteiger partial charge in [0.05, 0.1) is 22.6 Å². The normalized spacial score (nSPS) is 15.3. The van der Waals surface area contributed by atoms with Crippen molar-refractivity contribution < 1.29 is 17.2 Å². The molecule has 1 aliphatic rings. The highest BCUT2D eigenvalue weighted by Gasteiger charge is 2.37. The van der Waals surface area contributed by atoms with Gasteiger partial charge >= 0.3 is 0 Å². The van der Waals surface area contributed by atoms with Gasteiger partial charge in [-0.1, -0.05) is 6.07 Å². The number of aromatic nitrogens is 2. The summed E-state index contributed by atoms with van der Waals surface area (Å²) in [7, 11) is -4.07. The maximum Gasteiger partial charge on any atom is 0.268 e. The number of halogens is 2. The lowest BCUT2D eigenvalue weighted by Crippen LogP contribution is -2.37. The van der Waals surface area contributed by atoms with Gasteiger partial charge in [-0.15, -0.1) is 0 Å². The van der Waals surface area contributed by atoms with Crippen LogP contribution >= 0.6 is 0 Å². The third-order valence-electron chi connectivity index (χ3n) is 4.62. The summed E-state index contributed by atoms with van der Waals surface area (Å²) < 4.78 is 57.7. The fraction of sp³-hybridized carbons (Fsp3) is 0.500. The number of benzene rings is 1. The first-order chi connectivity index (χ1) is 12.0. The lowest BCUT2D eigenvalue weighted by atomic mass is 10.0. The van der Waals surface area contributed by atoms with Crippen molar-refractivity contribution in [2.75, 3.05) is 10.8 Å². The molecule has 0 atom stereocenters. The Bertz CT molecular complexity index is 975. The summed E-state index contributed by atoms with van der Waals surface area (Å²) in [6, 6.07) is 2.49. The summed E-state index contributed by atoms with van der Waals surface area (Å²) in [5.41, 5.74) is 0.746. The zero-order valence-electron chi connectivity index (χ0n) is 15.6. The average molecular weight is 383 g/mol. The number of sulfonamides is 1. The molecule has 0 saturated heterocycles. The molecule has 2 aromatic rings. The van der Waals surface area contributed by atoms with Gasteiger partial charge in [-0.2, -0.15) is 5.10 Å². The number of fused-ring (bicyclic) bond motifs is 1. The molecule has 0 aliphatic carbocycles. The summed E-state index contributed by atoms with van der Waals surface area (Å²) in [6.45, 7) is 9.19. The molecule has 142 valence electrons. The molecule has 0 fully saturated rings. The fourth-order valence-corrected chi connectivity index (χ4v) is 5.48. The lowest BCUT2D eigenvalue weighted by molar-refractivity contribution is 0.345. The highest BCUT2D eigenvalue weighted by atomic mass is 32.2. The Morgan fingerprint density at radius 2 is 1.81 bits per heavy atom. The number of hydrogen-bond acceptors (Lipinski definition) is 3. The van der Waals surface area contributed by atoms with Crippen LogP contribution in [0, 0.1) is 25.5 Å². The van der Waals surface area contributed by atoms with Crippen molar-refractivity contribution in [2.45, 2.75) is 57.9 Å².